The van der Waals surface area contributed by atoms with Gasteiger partial charge in [0.2, 0.25) is 0 Å². The van der Waals surface area contributed by atoms with Crippen molar-refractivity contribution in [3.63, 3.8) is 0 Å². The van der Waals surface area contributed by atoms with E-state index >= 15 is 0 Å². The molecule has 4 aromatic rings. The molecule has 2 aromatic heterocycles. The first-order valence-corrected chi connectivity index (χ1v) is 6.47. The summed E-state index contributed by atoms with van der Waals surface area (Å²) in [4.78, 5) is 4.22. The Labute approximate surface area is 111 Å². The van der Waals surface area contributed by atoms with Crippen LogP contribution >= 0.6 is 15.9 Å². The Kier molecular flexibility index (Phi) is 2.00. The summed E-state index contributed by atoms with van der Waals surface area (Å²) in [6.45, 7) is 0. The molecule has 0 aliphatic rings. The van der Waals surface area contributed by atoms with Gasteiger partial charge in [0.25, 0.3) is 0 Å². The predicted octanol–water partition coefficient (Wildman–Crippen LogP) is 4.90. The van der Waals surface area contributed by atoms with Gasteiger partial charge in [0.1, 0.15) is 11.2 Å². The van der Waals surface area contributed by atoms with Crippen molar-refractivity contribution in [2.45, 2.75) is 0 Å². The summed E-state index contributed by atoms with van der Waals surface area (Å²) in [7, 11) is 0. The number of pyridine rings is 1. The van der Waals surface area contributed by atoms with E-state index in [1.54, 1.807) is 0 Å². The molecule has 0 radical (unpaired) electrons. The van der Waals surface area contributed by atoms with Crippen LogP contribution in [-0.4, -0.2) is 4.98 Å². The Morgan fingerprint density at radius 2 is 1.83 bits per heavy atom. The maximum absolute atomic E-state index is 5.87. The van der Waals surface area contributed by atoms with Gasteiger partial charge in [-0.2, -0.15) is 0 Å². The van der Waals surface area contributed by atoms with Crippen molar-refractivity contribution < 1.29 is 4.42 Å². The van der Waals surface area contributed by atoms with Crippen molar-refractivity contribution in [1.82, 2.24) is 4.98 Å². The van der Waals surface area contributed by atoms with Crippen molar-refractivity contribution in [2.75, 3.05) is 0 Å². The molecule has 0 unspecified atom stereocenters. The Morgan fingerprint density at radius 1 is 0.944 bits per heavy atom. The fourth-order valence-electron chi connectivity index (χ4n) is 2.41. The number of fused-ring (bicyclic) bond motifs is 5. The molecule has 0 aliphatic heterocycles. The van der Waals surface area contributed by atoms with Crippen LogP contribution in [0.5, 0.6) is 0 Å². The highest BCUT2D eigenvalue weighted by Gasteiger charge is 2.10. The lowest BCUT2D eigenvalue weighted by atomic mass is 10.1. The quantitative estimate of drug-likeness (QED) is 0.461. The number of nitrogens with zero attached hydrogens (tertiary/aromatic N) is 1. The van der Waals surface area contributed by atoms with Crippen LogP contribution in [0.4, 0.5) is 0 Å². The molecule has 2 nitrogen and oxygen atoms in total. The largest absolute Gasteiger partial charge is 0.456 e. The lowest BCUT2D eigenvalue weighted by Gasteiger charge is -1.98. The van der Waals surface area contributed by atoms with Crippen LogP contribution < -0.4 is 0 Å². The van der Waals surface area contributed by atoms with Crippen LogP contribution in [0.25, 0.3) is 32.7 Å². The summed E-state index contributed by atoms with van der Waals surface area (Å²) in [5, 5.41) is 4.57. The fraction of sp³-hybridized carbons (Fsp3) is 0. The fourth-order valence-corrected chi connectivity index (χ4v) is 2.77. The molecule has 2 heterocycles. The number of benzene rings is 2. The first-order chi connectivity index (χ1) is 8.83. The molecule has 18 heavy (non-hydrogen) atoms. The molecule has 86 valence electrons. The lowest BCUT2D eigenvalue weighted by molar-refractivity contribution is 0.669. The molecule has 4 rings (SSSR count). The van der Waals surface area contributed by atoms with Gasteiger partial charge < -0.3 is 4.42 Å². The van der Waals surface area contributed by atoms with E-state index in [0.717, 1.165) is 31.8 Å². The zero-order chi connectivity index (χ0) is 12.1. The Morgan fingerprint density at radius 3 is 2.78 bits per heavy atom. The van der Waals surface area contributed by atoms with Gasteiger partial charge in [-0.05, 0) is 35.7 Å². The van der Waals surface area contributed by atoms with E-state index in [-0.39, 0.29) is 0 Å². The van der Waals surface area contributed by atoms with Crippen molar-refractivity contribution in [2.24, 2.45) is 0 Å². The third kappa shape index (κ3) is 1.31. The molecule has 0 N–H and O–H groups in total. The van der Waals surface area contributed by atoms with Gasteiger partial charge in [-0.25, -0.2) is 0 Å². The maximum atomic E-state index is 5.87. The van der Waals surface area contributed by atoms with Crippen LogP contribution in [0.1, 0.15) is 0 Å². The SMILES string of the molecule is Brc1ccc2oc3ccc4ccncc4c3c2c1. The van der Waals surface area contributed by atoms with E-state index in [9.17, 15) is 0 Å². The summed E-state index contributed by atoms with van der Waals surface area (Å²) in [6, 6.07) is 12.2. The van der Waals surface area contributed by atoms with Crippen LogP contribution in [0, 0.1) is 0 Å². The van der Waals surface area contributed by atoms with E-state index in [4.69, 9.17) is 4.42 Å². The zero-order valence-corrected chi connectivity index (χ0v) is 10.9. The number of rotatable bonds is 0. The van der Waals surface area contributed by atoms with Gasteiger partial charge in [-0.15, -0.1) is 0 Å². The normalized spacial score (nSPS) is 11.6. The Hall–Kier alpha value is -1.87. The highest BCUT2D eigenvalue weighted by molar-refractivity contribution is 9.10. The molecule has 3 heteroatoms. The summed E-state index contributed by atoms with van der Waals surface area (Å²) in [5.41, 5.74) is 1.81. The van der Waals surface area contributed by atoms with Crippen LogP contribution in [-0.2, 0) is 0 Å². The first-order valence-electron chi connectivity index (χ1n) is 5.67. The van der Waals surface area contributed by atoms with E-state index in [1.807, 2.05) is 36.7 Å². The van der Waals surface area contributed by atoms with Crippen molar-refractivity contribution in [1.29, 1.82) is 0 Å². The van der Waals surface area contributed by atoms with E-state index in [0.29, 0.717) is 0 Å². The van der Waals surface area contributed by atoms with Crippen LogP contribution in [0.2, 0.25) is 0 Å². The molecule has 0 aliphatic carbocycles. The lowest BCUT2D eigenvalue weighted by Crippen LogP contribution is -1.76. The van der Waals surface area contributed by atoms with Gasteiger partial charge in [-0.3, -0.25) is 4.98 Å². The minimum atomic E-state index is 0.906. The third-order valence-corrected chi connectivity index (χ3v) is 3.71. The van der Waals surface area contributed by atoms with Crippen molar-refractivity contribution in [3.05, 3.63) is 53.3 Å². The molecular formula is C15H8BrNO. The molecule has 0 bridgehead atoms. The standard InChI is InChI=1S/C15H8BrNO/c16-10-2-4-13-11(7-10)15-12-8-17-6-5-9(12)1-3-14(15)18-13/h1-8H. The number of hydrogen-bond acceptors (Lipinski definition) is 2. The minimum absolute atomic E-state index is 0.906. The van der Waals surface area contributed by atoms with Gasteiger partial charge in [0, 0.05) is 33.0 Å². The smallest absolute Gasteiger partial charge is 0.136 e. The van der Waals surface area contributed by atoms with E-state index < -0.39 is 0 Å². The van der Waals surface area contributed by atoms with Gasteiger partial charge >= 0.3 is 0 Å². The molecule has 0 fully saturated rings. The van der Waals surface area contributed by atoms with E-state index in [1.165, 1.54) is 5.39 Å². The van der Waals surface area contributed by atoms with Gasteiger partial charge in [0.05, 0.1) is 0 Å². The summed E-state index contributed by atoms with van der Waals surface area (Å²) in [5.74, 6) is 0. The van der Waals surface area contributed by atoms with Crippen LogP contribution in [0.15, 0.2) is 57.7 Å². The summed E-state index contributed by atoms with van der Waals surface area (Å²) in [6.07, 6.45) is 3.71. The topological polar surface area (TPSA) is 26.0 Å². The number of aromatic nitrogens is 1. The van der Waals surface area contributed by atoms with E-state index in [2.05, 4.69) is 33.0 Å². The second-order valence-corrected chi connectivity index (χ2v) is 5.19. The highest BCUT2D eigenvalue weighted by atomic mass is 79.9. The highest BCUT2D eigenvalue weighted by Crippen LogP contribution is 2.35. The molecule has 0 saturated carbocycles. The van der Waals surface area contributed by atoms with Crippen molar-refractivity contribution in [3.8, 4) is 0 Å². The average molecular weight is 298 g/mol. The van der Waals surface area contributed by atoms with Gasteiger partial charge in [-0.1, -0.05) is 22.0 Å². The third-order valence-electron chi connectivity index (χ3n) is 3.22. The Balaban J connectivity index is 2.35. The minimum Gasteiger partial charge on any atom is -0.456 e. The maximum Gasteiger partial charge on any atom is 0.136 e. The molecule has 2 aromatic carbocycles. The first kappa shape index (κ1) is 10.1. The predicted molar refractivity (Wildman–Crippen MR) is 76.7 cm³/mol. The second kappa shape index (κ2) is 3.56. The van der Waals surface area contributed by atoms with Gasteiger partial charge in [0.15, 0.2) is 0 Å². The monoisotopic (exact) mass is 297 g/mol. The number of hydrogen-bond donors (Lipinski definition) is 0. The Bertz CT molecular complexity index is 895. The average Bonchev–Trinajstić information content (AvgIpc) is 2.77. The number of furan rings is 1. The number of halogens is 1. The molecule has 0 amide bonds. The van der Waals surface area contributed by atoms with Crippen LogP contribution in [0.3, 0.4) is 0 Å². The summed E-state index contributed by atoms with van der Waals surface area (Å²) >= 11 is 3.51. The molecule has 0 saturated heterocycles. The summed E-state index contributed by atoms with van der Waals surface area (Å²) < 4.78 is 6.92. The second-order valence-electron chi connectivity index (χ2n) is 4.28. The molecular weight excluding hydrogens is 290 g/mol. The zero-order valence-electron chi connectivity index (χ0n) is 9.35. The van der Waals surface area contributed by atoms with Crippen molar-refractivity contribution >= 4 is 48.6 Å². The molecule has 0 spiro atoms. The molecule has 0 atom stereocenters.